The largest absolute Gasteiger partial charge is 0.493 e. The lowest BCUT2D eigenvalue weighted by atomic mass is 9.98. The summed E-state index contributed by atoms with van der Waals surface area (Å²) < 4.78 is 22.5. The number of carbonyl (C=O) groups excluding carboxylic acids is 2. The van der Waals surface area contributed by atoms with Crippen LogP contribution in [-0.2, 0) is 16.1 Å². The first-order valence-electron chi connectivity index (χ1n) is 9.85. The lowest BCUT2D eigenvalue weighted by Crippen LogP contribution is -2.40. The van der Waals surface area contributed by atoms with Gasteiger partial charge in [0.2, 0.25) is 5.75 Å². The molecule has 1 amide bonds. The monoisotopic (exact) mass is 413 g/mol. The van der Waals surface area contributed by atoms with Crippen molar-refractivity contribution in [2.24, 2.45) is 0 Å². The maximum absolute atomic E-state index is 12.6. The van der Waals surface area contributed by atoms with Gasteiger partial charge in [-0.15, -0.1) is 0 Å². The molecule has 0 saturated carbocycles. The minimum atomic E-state index is -1.25. The molecule has 0 fully saturated rings. The smallest absolute Gasteiger partial charge is 0.349 e. The summed E-state index contributed by atoms with van der Waals surface area (Å²) in [5, 5.41) is 2.82. The van der Waals surface area contributed by atoms with Gasteiger partial charge in [0.1, 0.15) is 0 Å². The quantitative estimate of drug-likeness (QED) is 0.664. The van der Waals surface area contributed by atoms with Crippen molar-refractivity contribution in [3.05, 3.63) is 41.5 Å². The highest BCUT2D eigenvalue weighted by Crippen LogP contribution is 2.46. The summed E-state index contributed by atoms with van der Waals surface area (Å²) in [5.41, 5.74) is 1.85. The first-order valence-corrected chi connectivity index (χ1v) is 9.85. The van der Waals surface area contributed by atoms with Crippen LogP contribution in [0, 0.1) is 0 Å². The Labute approximate surface area is 176 Å². The van der Waals surface area contributed by atoms with Crippen LogP contribution in [0.5, 0.6) is 17.2 Å². The number of benzene rings is 2. The zero-order valence-corrected chi connectivity index (χ0v) is 18.0. The molecule has 2 aromatic rings. The number of hydrogen-bond acceptors (Lipinski definition) is 6. The van der Waals surface area contributed by atoms with Crippen LogP contribution in [0.25, 0.3) is 11.1 Å². The fraction of sp³-hybridized carbons (Fsp3) is 0.391. The van der Waals surface area contributed by atoms with E-state index < -0.39 is 11.6 Å². The normalized spacial score (nSPS) is 12.8. The van der Waals surface area contributed by atoms with Crippen LogP contribution in [0.2, 0.25) is 0 Å². The molecule has 7 nitrogen and oxygen atoms in total. The molecule has 0 radical (unpaired) electrons. The number of hydrogen-bond donors (Lipinski definition) is 1. The van der Waals surface area contributed by atoms with Crippen LogP contribution in [0.1, 0.15) is 43.1 Å². The molecule has 30 heavy (non-hydrogen) atoms. The maximum Gasteiger partial charge on any atom is 0.349 e. The maximum atomic E-state index is 12.6. The Hall–Kier alpha value is -3.22. The average Bonchev–Trinajstić information content (AvgIpc) is 3.11. The van der Waals surface area contributed by atoms with E-state index in [1.807, 2.05) is 25.1 Å². The minimum absolute atomic E-state index is 0.0832. The van der Waals surface area contributed by atoms with E-state index in [9.17, 15) is 9.59 Å². The summed E-state index contributed by atoms with van der Waals surface area (Å²) >= 11 is 0. The first kappa shape index (κ1) is 21.5. The van der Waals surface area contributed by atoms with Crippen molar-refractivity contribution >= 4 is 11.9 Å². The molecule has 3 rings (SSSR count). The standard InChI is InChI=1S/C23H27NO6/c1-6-11-29-22(26)23(2,3)30-19-16(9-10-18(27-4)20(19)28-5)14-7-8-17-15(12-14)13-24-21(17)25/h7-10,12H,6,11,13H2,1-5H3,(H,24,25). The van der Waals surface area contributed by atoms with Crippen LogP contribution in [0.15, 0.2) is 30.3 Å². The molecule has 1 aliphatic heterocycles. The van der Waals surface area contributed by atoms with E-state index in [0.717, 1.165) is 17.5 Å². The van der Waals surface area contributed by atoms with Crippen molar-refractivity contribution < 1.29 is 28.5 Å². The Morgan fingerprint density at radius 3 is 2.47 bits per heavy atom. The minimum Gasteiger partial charge on any atom is -0.493 e. The molecular formula is C23H27NO6. The Morgan fingerprint density at radius 1 is 1.07 bits per heavy atom. The third kappa shape index (κ3) is 4.06. The lowest BCUT2D eigenvalue weighted by Gasteiger charge is -2.27. The number of amides is 1. The second kappa shape index (κ2) is 8.65. The second-order valence-corrected chi connectivity index (χ2v) is 7.48. The van der Waals surface area contributed by atoms with E-state index in [0.29, 0.717) is 41.5 Å². The van der Waals surface area contributed by atoms with Gasteiger partial charge in [-0.3, -0.25) is 4.79 Å². The molecule has 0 bridgehead atoms. The van der Waals surface area contributed by atoms with E-state index in [2.05, 4.69) is 5.32 Å². The SMILES string of the molecule is CCCOC(=O)C(C)(C)Oc1c(-c2ccc3c(c2)CNC3=O)ccc(OC)c1OC. The molecule has 0 spiro atoms. The van der Waals surface area contributed by atoms with Crippen molar-refractivity contribution in [3.63, 3.8) is 0 Å². The number of ether oxygens (including phenoxy) is 4. The van der Waals surface area contributed by atoms with Gasteiger partial charge in [0.25, 0.3) is 5.91 Å². The molecule has 0 aliphatic carbocycles. The highest BCUT2D eigenvalue weighted by molar-refractivity contribution is 5.99. The first-order chi connectivity index (χ1) is 14.3. The van der Waals surface area contributed by atoms with E-state index in [-0.39, 0.29) is 5.91 Å². The van der Waals surface area contributed by atoms with Crippen LogP contribution in [-0.4, -0.2) is 38.3 Å². The zero-order valence-electron chi connectivity index (χ0n) is 18.0. The predicted molar refractivity (Wildman–Crippen MR) is 112 cm³/mol. The molecule has 2 aromatic carbocycles. The van der Waals surface area contributed by atoms with Crippen molar-refractivity contribution in [1.29, 1.82) is 0 Å². The topological polar surface area (TPSA) is 83.1 Å². The molecule has 0 atom stereocenters. The van der Waals surface area contributed by atoms with Gasteiger partial charge in [0.05, 0.1) is 20.8 Å². The number of esters is 1. The summed E-state index contributed by atoms with van der Waals surface area (Å²) in [6, 6.07) is 9.19. The van der Waals surface area contributed by atoms with E-state index in [1.165, 1.54) is 14.2 Å². The van der Waals surface area contributed by atoms with Gasteiger partial charge in [-0.1, -0.05) is 13.0 Å². The predicted octanol–water partition coefficient (Wildman–Crippen LogP) is 3.72. The highest BCUT2D eigenvalue weighted by atomic mass is 16.6. The fourth-order valence-corrected chi connectivity index (χ4v) is 3.29. The molecule has 0 saturated heterocycles. The van der Waals surface area contributed by atoms with Gasteiger partial charge in [-0.2, -0.15) is 0 Å². The molecule has 0 unspecified atom stereocenters. The molecule has 1 heterocycles. The van der Waals surface area contributed by atoms with E-state index in [4.69, 9.17) is 18.9 Å². The fourth-order valence-electron chi connectivity index (χ4n) is 3.29. The Morgan fingerprint density at radius 2 is 1.80 bits per heavy atom. The Bertz CT molecular complexity index is 966. The Kier molecular flexibility index (Phi) is 6.20. The summed E-state index contributed by atoms with van der Waals surface area (Å²) in [7, 11) is 3.05. The van der Waals surface area contributed by atoms with Gasteiger partial charge in [0.15, 0.2) is 17.1 Å². The van der Waals surface area contributed by atoms with Gasteiger partial charge in [0, 0.05) is 17.7 Å². The molecular weight excluding hydrogens is 386 g/mol. The molecule has 1 aliphatic rings. The van der Waals surface area contributed by atoms with Crippen LogP contribution in [0.3, 0.4) is 0 Å². The van der Waals surface area contributed by atoms with Crippen molar-refractivity contribution in [2.45, 2.75) is 39.3 Å². The number of carbonyl (C=O) groups is 2. The summed E-state index contributed by atoms with van der Waals surface area (Å²) in [6.07, 6.45) is 0.720. The second-order valence-electron chi connectivity index (χ2n) is 7.48. The van der Waals surface area contributed by atoms with Crippen molar-refractivity contribution in [3.8, 4) is 28.4 Å². The van der Waals surface area contributed by atoms with Crippen molar-refractivity contribution in [2.75, 3.05) is 20.8 Å². The number of methoxy groups -OCH3 is 2. The highest BCUT2D eigenvalue weighted by Gasteiger charge is 2.35. The lowest BCUT2D eigenvalue weighted by molar-refractivity contribution is -0.159. The average molecular weight is 413 g/mol. The Balaban J connectivity index is 2.08. The number of rotatable bonds is 8. The van der Waals surface area contributed by atoms with E-state index in [1.54, 1.807) is 26.0 Å². The van der Waals surface area contributed by atoms with Crippen molar-refractivity contribution in [1.82, 2.24) is 5.32 Å². The van der Waals surface area contributed by atoms with Gasteiger partial charge < -0.3 is 24.3 Å². The summed E-state index contributed by atoms with van der Waals surface area (Å²) in [5.74, 6) is 0.671. The molecule has 160 valence electrons. The third-order valence-electron chi connectivity index (χ3n) is 4.89. The number of fused-ring (bicyclic) bond motifs is 1. The summed E-state index contributed by atoms with van der Waals surface area (Å²) in [4.78, 5) is 24.4. The zero-order chi connectivity index (χ0) is 21.9. The van der Waals surface area contributed by atoms with Crippen LogP contribution < -0.4 is 19.5 Å². The molecule has 1 N–H and O–H groups in total. The van der Waals surface area contributed by atoms with Crippen LogP contribution >= 0.6 is 0 Å². The van der Waals surface area contributed by atoms with Gasteiger partial charge in [-0.25, -0.2) is 4.79 Å². The third-order valence-corrected chi connectivity index (χ3v) is 4.89. The van der Waals surface area contributed by atoms with E-state index >= 15 is 0 Å². The number of nitrogens with one attached hydrogen (secondary N) is 1. The molecule has 7 heteroatoms. The van der Waals surface area contributed by atoms with Crippen LogP contribution in [0.4, 0.5) is 0 Å². The molecule has 0 aromatic heterocycles. The van der Waals surface area contributed by atoms with Gasteiger partial charge >= 0.3 is 5.97 Å². The van der Waals surface area contributed by atoms with Gasteiger partial charge in [-0.05, 0) is 55.7 Å². The summed E-state index contributed by atoms with van der Waals surface area (Å²) in [6.45, 7) is 6.02.